The Morgan fingerprint density at radius 3 is 2.53 bits per heavy atom. The number of aliphatic hydroxyl groups is 1. The van der Waals surface area contributed by atoms with Gasteiger partial charge in [0.05, 0.1) is 12.6 Å². The third-order valence-corrected chi connectivity index (χ3v) is 4.09. The second-order valence-corrected chi connectivity index (χ2v) is 5.31. The van der Waals surface area contributed by atoms with Crippen LogP contribution in [0.15, 0.2) is 30.3 Å². The number of rotatable bonds is 6. The van der Waals surface area contributed by atoms with Crippen LogP contribution in [0, 0.1) is 0 Å². The number of ketones is 1. The lowest BCUT2D eigenvalue weighted by molar-refractivity contribution is 0.0707. The molecule has 104 valence electrons. The molecular weight excluding hydrogens is 238 g/mol. The van der Waals surface area contributed by atoms with Crippen molar-refractivity contribution in [2.24, 2.45) is 0 Å². The first-order valence-corrected chi connectivity index (χ1v) is 7.20. The maximum atomic E-state index is 12.5. The summed E-state index contributed by atoms with van der Waals surface area (Å²) < 4.78 is 0. The van der Waals surface area contributed by atoms with Crippen molar-refractivity contribution < 1.29 is 9.90 Å². The maximum absolute atomic E-state index is 12.5. The van der Waals surface area contributed by atoms with Crippen molar-refractivity contribution in [3.8, 4) is 0 Å². The second kappa shape index (κ2) is 6.83. The molecule has 1 aromatic carbocycles. The third-order valence-electron chi connectivity index (χ3n) is 4.09. The summed E-state index contributed by atoms with van der Waals surface area (Å²) >= 11 is 0. The minimum Gasteiger partial charge on any atom is -0.395 e. The molecule has 3 heteroatoms. The summed E-state index contributed by atoms with van der Waals surface area (Å²) in [4.78, 5) is 14.7. The van der Waals surface area contributed by atoms with Gasteiger partial charge in [0.25, 0.3) is 0 Å². The lowest BCUT2D eigenvalue weighted by Gasteiger charge is -2.33. The molecule has 0 aliphatic heterocycles. The van der Waals surface area contributed by atoms with Crippen molar-refractivity contribution in [1.82, 2.24) is 4.90 Å². The maximum Gasteiger partial charge on any atom is 0.179 e. The summed E-state index contributed by atoms with van der Waals surface area (Å²) in [6.45, 7) is 2.66. The summed E-state index contributed by atoms with van der Waals surface area (Å²) in [5.41, 5.74) is 0.760. The molecule has 1 atom stereocenters. The normalized spacial score (nSPS) is 17.8. The molecule has 19 heavy (non-hydrogen) atoms. The van der Waals surface area contributed by atoms with E-state index in [-0.39, 0.29) is 18.4 Å². The molecule has 0 spiro atoms. The van der Waals surface area contributed by atoms with Gasteiger partial charge in [0.15, 0.2) is 5.78 Å². The van der Waals surface area contributed by atoms with Gasteiger partial charge in [-0.05, 0) is 19.8 Å². The minimum absolute atomic E-state index is 0.114. The van der Waals surface area contributed by atoms with Crippen LogP contribution in [0.25, 0.3) is 0 Å². The van der Waals surface area contributed by atoms with Crippen LogP contribution in [0.3, 0.4) is 0 Å². The molecule has 1 fully saturated rings. The average Bonchev–Trinajstić information content (AvgIpc) is 2.98. The number of carbonyl (C=O) groups is 1. The van der Waals surface area contributed by atoms with Crippen LogP contribution in [-0.2, 0) is 0 Å². The van der Waals surface area contributed by atoms with E-state index in [2.05, 4.69) is 4.90 Å². The Morgan fingerprint density at radius 1 is 1.32 bits per heavy atom. The molecule has 0 amide bonds. The SMILES string of the molecule is CC(C(=O)c1ccccc1)N(CCO)C1CCCC1. The molecule has 0 radical (unpaired) electrons. The summed E-state index contributed by atoms with van der Waals surface area (Å²) in [6, 6.07) is 9.74. The molecule has 1 aromatic rings. The van der Waals surface area contributed by atoms with E-state index in [1.54, 1.807) is 0 Å². The van der Waals surface area contributed by atoms with Crippen molar-refractivity contribution >= 4 is 5.78 Å². The smallest absolute Gasteiger partial charge is 0.179 e. The Kier molecular flexibility index (Phi) is 5.11. The molecule has 1 aliphatic carbocycles. The van der Waals surface area contributed by atoms with Crippen molar-refractivity contribution in [2.75, 3.05) is 13.2 Å². The zero-order chi connectivity index (χ0) is 13.7. The lowest BCUT2D eigenvalue weighted by atomic mass is 10.0. The van der Waals surface area contributed by atoms with Crippen molar-refractivity contribution in [3.63, 3.8) is 0 Å². The van der Waals surface area contributed by atoms with Gasteiger partial charge in [-0.25, -0.2) is 0 Å². The molecule has 1 unspecified atom stereocenters. The first kappa shape index (κ1) is 14.2. The van der Waals surface area contributed by atoms with Gasteiger partial charge >= 0.3 is 0 Å². The molecular formula is C16H23NO2. The second-order valence-electron chi connectivity index (χ2n) is 5.31. The number of benzene rings is 1. The Morgan fingerprint density at radius 2 is 1.95 bits per heavy atom. The number of Topliss-reactive ketones (excluding diaryl/α,β-unsaturated/α-hetero) is 1. The highest BCUT2D eigenvalue weighted by atomic mass is 16.3. The lowest BCUT2D eigenvalue weighted by Crippen LogP contribution is -2.46. The predicted molar refractivity (Wildman–Crippen MR) is 76.3 cm³/mol. The van der Waals surface area contributed by atoms with Crippen LogP contribution in [0.4, 0.5) is 0 Å². The first-order valence-electron chi connectivity index (χ1n) is 7.20. The van der Waals surface area contributed by atoms with Gasteiger partial charge in [0.1, 0.15) is 0 Å². The minimum atomic E-state index is -0.155. The number of carbonyl (C=O) groups excluding carboxylic acids is 1. The van der Waals surface area contributed by atoms with Gasteiger partial charge in [-0.15, -0.1) is 0 Å². The highest BCUT2D eigenvalue weighted by molar-refractivity contribution is 5.99. The van der Waals surface area contributed by atoms with Crippen molar-refractivity contribution in [2.45, 2.75) is 44.7 Å². The Bertz CT molecular complexity index is 398. The van der Waals surface area contributed by atoms with Crippen LogP contribution in [0.1, 0.15) is 43.0 Å². The summed E-state index contributed by atoms with van der Waals surface area (Å²) in [6.07, 6.45) is 4.76. The number of hydrogen-bond donors (Lipinski definition) is 1. The zero-order valence-electron chi connectivity index (χ0n) is 11.6. The van der Waals surface area contributed by atoms with Gasteiger partial charge < -0.3 is 5.11 Å². The van der Waals surface area contributed by atoms with E-state index in [1.807, 2.05) is 37.3 Å². The first-order chi connectivity index (χ1) is 9.24. The number of nitrogens with zero attached hydrogens (tertiary/aromatic N) is 1. The molecule has 2 rings (SSSR count). The fraction of sp³-hybridized carbons (Fsp3) is 0.562. The van der Waals surface area contributed by atoms with Crippen LogP contribution < -0.4 is 0 Å². The molecule has 1 aliphatic rings. The fourth-order valence-corrected chi connectivity index (χ4v) is 3.04. The molecule has 0 aromatic heterocycles. The predicted octanol–water partition coefficient (Wildman–Crippen LogP) is 2.49. The van der Waals surface area contributed by atoms with Crippen LogP contribution in [-0.4, -0.2) is 41.0 Å². The van der Waals surface area contributed by atoms with E-state index in [1.165, 1.54) is 12.8 Å². The highest BCUT2D eigenvalue weighted by Gasteiger charge is 2.29. The standard InChI is InChI=1S/C16H23NO2/c1-13(16(19)14-7-3-2-4-8-14)17(11-12-18)15-9-5-6-10-15/h2-4,7-8,13,15,18H,5-6,9-12H2,1H3. The zero-order valence-corrected chi connectivity index (χ0v) is 11.6. The van der Waals surface area contributed by atoms with Crippen LogP contribution in [0.5, 0.6) is 0 Å². The van der Waals surface area contributed by atoms with Gasteiger partial charge in [0.2, 0.25) is 0 Å². The topological polar surface area (TPSA) is 40.5 Å². The quantitative estimate of drug-likeness (QED) is 0.800. The van der Waals surface area contributed by atoms with E-state index in [0.717, 1.165) is 18.4 Å². The largest absolute Gasteiger partial charge is 0.395 e. The molecule has 0 bridgehead atoms. The van der Waals surface area contributed by atoms with E-state index < -0.39 is 0 Å². The molecule has 1 saturated carbocycles. The van der Waals surface area contributed by atoms with Crippen LogP contribution in [0.2, 0.25) is 0 Å². The van der Waals surface area contributed by atoms with E-state index >= 15 is 0 Å². The summed E-state index contributed by atoms with van der Waals surface area (Å²) in [5.74, 6) is 0.154. The monoisotopic (exact) mass is 261 g/mol. The molecule has 0 heterocycles. The molecule has 1 N–H and O–H groups in total. The van der Waals surface area contributed by atoms with E-state index in [4.69, 9.17) is 0 Å². The number of aliphatic hydroxyl groups excluding tert-OH is 1. The highest BCUT2D eigenvalue weighted by Crippen LogP contribution is 2.25. The van der Waals surface area contributed by atoms with Gasteiger partial charge in [0, 0.05) is 18.2 Å². The van der Waals surface area contributed by atoms with E-state index in [0.29, 0.717) is 12.6 Å². The average molecular weight is 261 g/mol. The Labute approximate surface area is 115 Å². The van der Waals surface area contributed by atoms with E-state index in [9.17, 15) is 9.90 Å². The molecule has 0 saturated heterocycles. The van der Waals surface area contributed by atoms with Gasteiger partial charge in [-0.2, -0.15) is 0 Å². The number of hydrogen-bond acceptors (Lipinski definition) is 3. The fourth-order valence-electron chi connectivity index (χ4n) is 3.04. The Hall–Kier alpha value is -1.19. The third kappa shape index (κ3) is 3.43. The van der Waals surface area contributed by atoms with Crippen molar-refractivity contribution in [1.29, 1.82) is 0 Å². The van der Waals surface area contributed by atoms with Crippen molar-refractivity contribution in [3.05, 3.63) is 35.9 Å². The molecule has 3 nitrogen and oxygen atoms in total. The Balaban J connectivity index is 2.10. The van der Waals surface area contributed by atoms with Gasteiger partial charge in [-0.1, -0.05) is 43.2 Å². The van der Waals surface area contributed by atoms with Crippen LogP contribution >= 0.6 is 0 Å². The van der Waals surface area contributed by atoms with Gasteiger partial charge in [-0.3, -0.25) is 9.69 Å². The summed E-state index contributed by atoms with van der Waals surface area (Å²) in [7, 11) is 0. The summed E-state index contributed by atoms with van der Waals surface area (Å²) in [5, 5.41) is 9.25.